The van der Waals surface area contributed by atoms with Gasteiger partial charge in [-0.15, -0.1) is 11.8 Å². The molecule has 13 heavy (non-hydrogen) atoms. The summed E-state index contributed by atoms with van der Waals surface area (Å²) in [6.07, 6.45) is 1.50. The van der Waals surface area contributed by atoms with E-state index in [4.69, 9.17) is 5.73 Å². The van der Waals surface area contributed by atoms with Gasteiger partial charge in [0, 0.05) is 11.4 Å². The minimum atomic E-state index is -0.532. The third-order valence-electron chi connectivity index (χ3n) is 2.06. The highest BCUT2D eigenvalue weighted by atomic mass is 32.2. The fourth-order valence-corrected chi connectivity index (χ4v) is 1.77. The molecule has 0 heterocycles. The molecule has 72 valence electrons. The molecule has 2 nitrogen and oxygen atoms in total. The highest BCUT2D eigenvalue weighted by Gasteiger charge is 2.07. The molecule has 0 aliphatic heterocycles. The van der Waals surface area contributed by atoms with E-state index in [0.717, 1.165) is 11.1 Å². The maximum absolute atomic E-state index is 9.54. The van der Waals surface area contributed by atoms with Crippen molar-refractivity contribution in [2.45, 2.75) is 17.9 Å². The molecule has 0 saturated heterocycles. The van der Waals surface area contributed by atoms with E-state index in [1.165, 1.54) is 4.90 Å². The second-order valence-corrected chi connectivity index (χ2v) is 3.85. The molecular weight excluding hydrogens is 182 g/mol. The lowest BCUT2D eigenvalue weighted by Crippen LogP contribution is -2.12. The summed E-state index contributed by atoms with van der Waals surface area (Å²) >= 11 is 1.70. The standard InChI is InChI=1S/C10H15NOS/c1-7-5-8(13-2)3-4-9(7)10(12)6-11/h3-5,10,12H,6,11H2,1-2H3. The maximum Gasteiger partial charge on any atom is 0.0914 e. The van der Waals surface area contributed by atoms with E-state index in [-0.39, 0.29) is 6.54 Å². The summed E-state index contributed by atoms with van der Waals surface area (Å²) in [7, 11) is 0. The summed E-state index contributed by atoms with van der Waals surface area (Å²) < 4.78 is 0. The quantitative estimate of drug-likeness (QED) is 0.725. The minimum absolute atomic E-state index is 0.277. The Bertz CT molecular complexity index is 288. The zero-order chi connectivity index (χ0) is 9.84. The second kappa shape index (κ2) is 4.65. The van der Waals surface area contributed by atoms with Crippen molar-refractivity contribution in [3.05, 3.63) is 29.3 Å². The Morgan fingerprint density at radius 3 is 2.69 bits per heavy atom. The summed E-state index contributed by atoms with van der Waals surface area (Å²) in [5.74, 6) is 0. The number of thioether (sulfide) groups is 1. The van der Waals surface area contributed by atoms with Gasteiger partial charge in [0.25, 0.3) is 0 Å². The van der Waals surface area contributed by atoms with Crippen molar-refractivity contribution in [1.82, 2.24) is 0 Å². The van der Waals surface area contributed by atoms with Gasteiger partial charge in [-0.05, 0) is 36.4 Å². The molecule has 0 radical (unpaired) electrons. The molecule has 1 unspecified atom stereocenters. The van der Waals surface area contributed by atoms with Crippen LogP contribution in [0.25, 0.3) is 0 Å². The van der Waals surface area contributed by atoms with Gasteiger partial charge in [-0.1, -0.05) is 6.07 Å². The number of aryl methyl sites for hydroxylation is 1. The van der Waals surface area contributed by atoms with Crippen molar-refractivity contribution in [2.75, 3.05) is 12.8 Å². The molecular formula is C10H15NOS. The zero-order valence-corrected chi connectivity index (χ0v) is 8.77. The van der Waals surface area contributed by atoms with Gasteiger partial charge in [-0.3, -0.25) is 0 Å². The smallest absolute Gasteiger partial charge is 0.0914 e. The summed E-state index contributed by atoms with van der Waals surface area (Å²) in [4.78, 5) is 1.21. The summed E-state index contributed by atoms with van der Waals surface area (Å²) in [5.41, 5.74) is 7.42. The molecule has 1 rings (SSSR count). The van der Waals surface area contributed by atoms with Crippen LogP contribution >= 0.6 is 11.8 Å². The Hall–Kier alpha value is -0.510. The van der Waals surface area contributed by atoms with E-state index in [2.05, 4.69) is 6.07 Å². The fourth-order valence-electron chi connectivity index (χ4n) is 1.28. The summed E-state index contributed by atoms with van der Waals surface area (Å²) in [5, 5.41) is 9.54. The van der Waals surface area contributed by atoms with E-state index < -0.39 is 6.10 Å². The van der Waals surface area contributed by atoms with Crippen LogP contribution in [-0.2, 0) is 0 Å². The van der Waals surface area contributed by atoms with Crippen molar-refractivity contribution < 1.29 is 5.11 Å². The number of aliphatic hydroxyl groups is 1. The Balaban J connectivity index is 2.98. The van der Waals surface area contributed by atoms with E-state index in [1.807, 2.05) is 25.3 Å². The summed E-state index contributed by atoms with van der Waals surface area (Å²) in [6, 6.07) is 6.02. The topological polar surface area (TPSA) is 46.2 Å². The third-order valence-corrected chi connectivity index (χ3v) is 2.78. The van der Waals surface area contributed by atoms with Crippen LogP contribution in [0.15, 0.2) is 23.1 Å². The van der Waals surface area contributed by atoms with E-state index in [1.54, 1.807) is 11.8 Å². The highest BCUT2D eigenvalue weighted by molar-refractivity contribution is 7.98. The number of rotatable bonds is 3. The number of aliphatic hydroxyl groups excluding tert-OH is 1. The molecule has 0 aliphatic rings. The maximum atomic E-state index is 9.54. The zero-order valence-electron chi connectivity index (χ0n) is 7.95. The van der Waals surface area contributed by atoms with Crippen molar-refractivity contribution in [3.8, 4) is 0 Å². The number of benzene rings is 1. The van der Waals surface area contributed by atoms with Crippen LogP contribution in [0, 0.1) is 6.92 Å². The largest absolute Gasteiger partial charge is 0.387 e. The molecule has 1 aromatic carbocycles. The molecule has 0 saturated carbocycles. The predicted molar refractivity (Wildman–Crippen MR) is 57.0 cm³/mol. The fraction of sp³-hybridized carbons (Fsp3) is 0.400. The number of hydrogen-bond acceptors (Lipinski definition) is 3. The SMILES string of the molecule is CSc1ccc(C(O)CN)c(C)c1. The Labute approximate surface area is 83.1 Å². The first-order valence-electron chi connectivity index (χ1n) is 4.21. The molecule has 1 atom stereocenters. The first-order chi connectivity index (χ1) is 6.19. The van der Waals surface area contributed by atoms with Crippen LogP contribution < -0.4 is 5.73 Å². The highest BCUT2D eigenvalue weighted by Crippen LogP contribution is 2.22. The van der Waals surface area contributed by atoms with Gasteiger partial charge in [0.05, 0.1) is 6.10 Å². The van der Waals surface area contributed by atoms with Crippen LogP contribution in [0.2, 0.25) is 0 Å². The average molecular weight is 197 g/mol. The van der Waals surface area contributed by atoms with E-state index in [0.29, 0.717) is 0 Å². The lowest BCUT2D eigenvalue weighted by Gasteiger charge is -2.12. The van der Waals surface area contributed by atoms with Gasteiger partial charge in [0.1, 0.15) is 0 Å². The van der Waals surface area contributed by atoms with Crippen LogP contribution in [0.1, 0.15) is 17.2 Å². The molecule has 0 aromatic heterocycles. The van der Waals surface area contributed by atoms with Gasteiger partial charge < -0.3 is 10.8 Å². The molecule has 0 amide bonds. The molecule has 0 spiro atoms. The molecule has 1 aromatic rings. The molecule has 3 heteroatoms. The average Bonchev–Trinajstić information content (AvgIpc) is 2.16. The van der Waals surface area contributed by atoms with Crippen LogP contribution in [0.3, 0.4) is 0 Å². The Kier molecular flexibility index (Phi) is 3.78. The number of hydrogen-bond donors (Lipinski definition) is 2. The normalized spacial score (nSPS) is 12.9. The summed E-state index contributed by atoms with van der Waals surface area (Å²) in [6.45, 7) is 2.27. The van der Waals surface area contributed by atoms with Gasteiger partial charge in [-0.2, -0.15) is 0 Å². The van der Waals surface area contributed by atoms with Crippen molar-refractivity contribution in [3.63, 3.8) is 0 Å². The Morgan fingerprint density at radius 1 is 1.54 bits per heavy atom. The predicted octanol–water partition coefficient (Wildman–Crippen LogP) is 1.71. The third kappa shape index (κ3) is 2.46. The van der Waals surface area contributed by atoms with E-state index >= 15 is 0 Å². The van der Waals surface area contributed by atoms with Crippen LogP contribution in [0.5, 0.6) is 0 Å². The van der Waals surface area contributed by atoms with E-state index in [9.17, 15) is 5.11 Å². The molecule has 0 aliphatic carbocycles. The number of nitrogens with two attached hydrogens (primary N) is 1. The van der Waals surface area contributed by atoms with Crippen molar-refractivity contribution in [2.24, 2.45) is 5.73 Å². The molecule has 3 N–H and O–H groups in total. The minimum Gasteiger partial charge on any atom is -0.387 e. The first kappa shape index (κ1) is 10.6. The van der Waals surface area contributed by atoms with Gasteiger partial charge in [0.15, 0.2) is 0 Å². The lowest BCUT2D eigenvalue weighted by atomic mass is 10.0. The first-order valence-corrected chi connectivity index (χ1v) is 5.44. The lowest BCUT2D eigenvalue weighted by molar-refractivity contribution is 0.186. The van der Waals surface area contributed by atoms with Gasteiger partial charge >= 0.3 is 0 Å². The van der Waals surface area contributed by atoms with Crippen LogP contribution in [-0.4, -0.2) is 17.9 Å². The monoisotopic (exact) mass is 197 g/mol. The van der Waals surface area contributed by atoms with Gasteiger partial charge in [0.2, 0.25) is 0 Å². The van der Waals surface area contributed by atoms with Crippen molar-refractivity contribution in [1.29, 1.82) is 0 Å². The molecule has 0 fully saturated rings. The van der Waals surface area contributed by atoms with Crippen LogP contribution in [0.4, 0.5) is 0 Å². The van der Waals surface area contributed by atoms with Crippen molar-refractivity contribution >= 4 is 11.8 Å². The van der Waals surface area contributed by atoms with Gasteiger partial charge in [-0.25, -0.2) is 0 Å². The second-order valence-electron chi connectivity index (χ2n) is 2.97. The molecule has 0 bridgehead atoms. The Morgan fingerprint density at radius 2 is 2.23 bits per heavy atom.